The maximum absolute atomic E-state index is 12.4. The van der Waals surface area contributed by atoms with Gasteiger partial charge in [-0.3, -0.25) is 13.9 Å². The van der Waals surface area contributed by atoms with Crippen LogP contribution in [0.3, 0.4) is 0 Å². The van der Waals surface area contributed by atoms with Crippen molar-refractivity contribution in [2.45, 2.75) is 6.54 Å². The normalized spacial score (nSPS) is 10.8. The zero-order valence-electron chi connectivity index (χ0n) is 12.3. The van der Waals surface area contributed by atoms with Crippen LogP contribution < -0.4 is 11.2 Å². The first-order valence-electron chi connectivity index (χ1n) is 6.86. The summed E-state index contributed by atoms with van der Waals surface area (Å²) in [5, 5.41) is 9.15. The molecule has 0 saturated carbocycles. The van der Waals surface area contributed by atoms with Gasteiger partial charge in [-0.05, 0) is 11.6 Å². The number of aromatic carboxylic acids is 1. The van der Waals surface area contributed by atoms with Crippen molar-refractivity contribution in [2.75, 3.05) is 0 Å². The summed E-state index contributed by atoms with van der Waals surface area (Å²) in [6.07, 6.45) is 1.14. The lowest BCUT2D eigenvalue weighted by molar-refractivity contribution is 0.0696. The molecule has 0 fully saturated rings. The van der Waals surface area contributed by atoms with Crippen molar-refractivity contribution in [3.8, 4) is 0 Å². The fraction of sp³-hybridized carbons (Fsp3) is 0.125. The summed E-state index contributed by atoms with van der Waals surface area (Å²) < 4.78 is 2.32. The Morgan fingerprint density at radius 1 is 1.22 bits per heavy atom. The Bertz CT molecular complexity index is 1020. The lowest BCUT2D eigenvalue weighted by Crippen LogP contribution is -2.38. The molecule has 2 aromatic heterocycles. The predicted octanol–water partition coefficient (Wildman–Crippen LogP) is 0.842. The Kier molecular flexibility index (Phi) is 3.53. The van der Waals surface area contributed by atoms with E-state index in [1.54, 1.807) is 0 Å². The summed E-state index contributed by atoms with van der Waals surface area (Å²) in [4.78, 5) is 39.7. The molecule has 2 heterocycles. The van der Waals surface area contributed by atoms with Gasteiger partial charge >= 0.3 is 11.7 Å². The van der Waals surface area contributed by atoms with E-state index >= 15 is 0 Å². The third-order valence-corrected chi connectivity index (χ3v) is 3.61. The van der Waals surface area contributed by atoms with Crippen LogP contribution in [-0.4, -0.2) is 25.2 Å². The van der Waals surface area contributed by atoms with Crippen molar-refractivity contribution in [3.05, 3.63) is 74.6 Å². The van der Waals surface area contributed by atoms with Gasteiger partial charge in [-0.2, -0.15) is 0 Å². The highest BCUT2D eigenvalue weighted by molar-refractivity contribution is 5.91. The molecule has 0 amide bonds. The van der Waals surface area contributed by atoms with Gasteiger partial charge in [0.05, 0.1) is 17.5 Å². The number of hydrogen-bond donors (Lipinski definition) is 1. The van der Waals surface area contributed by atoms with Crippen molar-refractivity contribution < 1.29 is 9.90 Å². The van der Waals surface area contributed by atoms with E-state index in [0.29, 0.717) is 0 Å². The summed E-state index contributed by atoms with van der Waals surface area (Å²) >= 11 is 0. The van der Waals surface area contributed by atoms with Gasteiger partial charge in [-0.25, -0.2) is 14.6 Å². The maximum atomic E-state index is 12.4. The van der Waals surface area contributed by atoms with Gasteiger partial charge in [0.15, 0.2) is 0 Å². The molecule has 116 valence electrons. The Balaban J connectivity index is 2.31. The molecule has 7 heteroatoms. The van der Waals surface area contributed by atoms with Crippen LogP contribution in [-0.2, 0) is 13.6 Å². The molecule has 0 atom stereocenters. The van der Waals surface area contributed by atoms with Gasteiger partial charge < -0.3 is 5.11 Å². The molecule has 0 aliphatic carbocycles. The first-order valence-corrected chi connectivity index (χ1v) is 6.86. The Hall–Kier alpha value is -3.22. The first kappa shape index (κ1) is 14.7. The highest BCUT2D eigenvalue weighted by Crippen LogP contribution is 2.10. The number of fused-ring (bicyclic) bond motifs is 1. The molecule has 1 aromatic carbocycles. The minimum Gasteiger partial charge on any atom is -0.478 e. The highest BCUT2D eigenvalue weighted by atomic mass is 16.4. The van der Waals surface area contributed by atoms with Crippen LogP contribution >= 0.6 is 0 Å². The fourth-order valence-electron chi connectivity index (χ4n) is 2.39. The number of benzene rings is 1. The van der Waals surface area contributed by atoms with Gasteiger partial charge in [0.25, 0.3) is 5.56 Å². The van der Waals surface area contributed by atoms with E-state index in [4.69, 9.17) is 5.11 Å². The molecular formula is C16H13N3O4. The van der Waals surface area contributed by atoms with Crippen LogP contribution in [0.2, 0.25) is 0 Å². The van der Waals surface area contributed by atoms with Crippen LogP contribution in [0.1, 0.15) is 15.9 Å². The van der Waals surface area contributed by atoms with Crippen molar-refractivity contribution in [3.63, 3.8) is 0 Å². The highest BCUT2D eigenvalue weighted by Gasteiger charge is 2.14. The molecule has 0 radical (unpaired) electrons. The van der Waals surface area contributed by atoms with Crippen LogP contribution in [0.5, 0.6) is 0 Å². The molecular weight excluding hydrogens is 298 g/mol. The first-order chi connectivity index (χ1) is 11.0. The van der Waals surface area contributed by atoms with E-state index in [1.165, 1.54) is 17.7 Å². The molecule has 23 heavy (non-hydrogen) atoms. The molecule has 3 rings (SSSR count). The van der Waals surface area contributed by atoms with E-state index in [9.17, 15) is 14.4 Å². The largest absolute Gasteiger partial charge is 0.478 e. The smallest absolute Gasteiger partial charge is 0.337 e. The SMILES string of the molecule is Cn1c(=O)c2cc(C(=O)O)cnc2n(Cc2ccccc2)c1=O. The number of carbonyl (C=O) groups is 1. The minimum absolute atomic E-state index is 0.0977. The second-order valence-corrected chi connectivity index (χ2v) is 5.12. The minimum atomic E-state index is -1.18. The molecule has 0 saturated heterocycles. The quantitative estimate of drug-likeness (QED) is 0.773. The molecule has 3 aromatic rings. The maximum Gasteiger partial charge on any atom is 0.337 e. The average molecular weight is 311 g/mol. The predicted molar refractivity (Wildman–Crippen MR) is 83.7 cm³/mol. The molecule has 0 aliphatic rings. The average Bonchev–Trinajstić information content (AvgIpc) is 2.57. The van der Waals surface area contributed by atoms with Gasteiger partial charge in [0.2, 0.25) is 0 Å². The lowest BCUT2D eigenvalue weighted by Gasteiger charge is -2.11. The van der Waals surface area contributed by atoms with Crippen LogP contribution in [0.15, 0.2) is 52.2 Å². The Labute approximate surface area is 130 Å². The third kappa shape index (κ3) is 2.52. The zero-order chi connectivity index (χ0) is 16.6. The molecule has 7 nitrogen and oxygen atoms in total. The number of hydrogen-bond acceptors (Lipinski definition) is 4. The van der Waals surface area contributed by atoms with Gasteiger partial charge in [-0.15, -0.1) is 0 Å². The number of aromatic nitrogens is 3. The zero-order valence-corrected chi connectivity index (χ0v) is 12.3. The van der Waals surface area contributed by atoms with E-state index in [-0.39, 0.29) is 23.1 Å². The van der Waals surface area contributed by atoms with Gasteiger partial charge in [-0.1, -0.05) is 30.3 Å². The second-order valence-electron chi connectivity index (χ2n) is 5.12. The van der Waals surface area contributed by atoms with Crippen LogP contribution in [0.25, 0.3) is 11.0 Å². The summed E-state index contributed by atoms with van der Waals surface area (Å²) in [5.41, 5.74) is -0.114. The van der Waals surface area contributed by atoms with Crippen LogP contribution in [0, 0.1) is 0 Å². The summed E-state index contributed by atoms with van der Waals surface area (Å²) in [7, 11) is 1.36. The molecule has 1 N–H and O–H groups in total. The van der Waals surface area contributed by atoms with E-state index < -0.39 is 17.2 Å². The van der Waals surface area contributed by atoms with Crippen molar-refractivity contribution in [1.82, 2.24) is 14.1 Å². The summed E-state index contributed by atoms with van der Waals surface area (Å²) in [6, 6.07) is 10.5. The third-order valence-electron chi connectivity index (χ3n) is 3.61. The summed E-state index contributed by atoms with van der Waals surface area (Å²) in [6.45, 7) is 0.240. The molecule has 0 bridgehead atoms. The number of carboxylic acids is 1. The number of pyridine rings is 1. The monoisotopic (exact) mass is 311 g/mol. The topological polar surface area (TPSA) is 94.2 Å². The van der Waals surface area contributed by atoms with Crippen LogP contribution in [0.4, 0.5) is 0 Å². The van der Waals surface area contributed by atoms with Crippen molar-refractivity contribution in [2.24, 2.45) is 7.05 Å². The standard InChI is InChI=1S/C16H13N3O4/c1-18-14(20)12-7-11(15(21)22)8-17-13(12)19(16(18)23)9-10-5-3-2-4-6-10/h2-8H,9H2,1H3,(H,21,22). The number of nitrogens with zero attached hydrogens (tertiary/aromatic N) is 3. The molecule has 0 spiro atoms. The Morgan fingerprint density at radius 3 is 2.57 bits per heavy atom. The van der Waals surface area contributed by atoms with E-state index in [2.05, 4.69) is 4.98 Å². The Morgan fingerprint density at radius 2 is 1.91 bits per heavy atom. The van der Waals surface area contributed by atoms with Crippen molar-refractivity contribution in [1.29, 1.82) is 0 Å². The van der Waals surface area contributed by atoms with E-state index in [0.717, 1.165) is 16.3 Å². The summed E-state index contributed by atoms with van der Waals surface area (Å²) in [5.74, 6) is -1.18. The van der Waals surface area contributed by atoms with Gasteiger partial charge in [0, 0.05) is 13.2 Å². The van der Waals surface area contributed by atoms with E-state index in [1.807, 2.05) is 30.3 Å². The lowest BCUT2D eigenvalue weighted by atomic mass is 10.2. The van der Waals surface area contributed by atoms with Gasteiger partial charge in [0.1, 0.15) is 5.65 Å². The van der Waals surface area contributed by atoms with Crippen molar-refractivity contribution >= 4 is 17.0 Å². The molecule has 0 aliphatic heterocycles. The number of rotatable bonds is 3. The molecule has 0 unspecified atom stereocenters. The fourth-order valence-corrected chi connectivity index (χ4v) is 2.39. The second kappa shape index (κ2) is 5.53. The number of carboxylic acid groups (broad SMARTS) is 1.